The molecule has 0 spiro atoms. The van der Waals surface area contributed by atoms with Gasteiger partial charge in [0.15, 0.2) is 16.6 Å². The van der Waals surface area contributed by atoms with Gasteiger partial charge in [0.05, 0.1) is 27.0 Å². The molecule has 0 bridgehead atoms. The van der Waals surface area contributed by atoms with Crippen LogP contribution in [0, 0.1) is 0 Å². The molecule has 2 aromatic carbocycles. The third-order valence-electron chi connectivity index (χ3n) is 4.29. The smallest absolute Gasteiger partial charge is 0.233 e. The van der Waals surface area contributed by atoms with Gasteiger partial charge in [-0.25, -0.2) is 15.0 Å². The molecule has 2 aromatic heterocycles. The molecule has 0 saturated carbocycles. The summed E-state index contributed by atoms with van der Waals surface area (Å²) in [6.07, 6.45) is 1.42. The molecule has 2 heterocycles. The summed E-state index contributed by atoms with van der Waals surface area (Å²) in [6, 6.07) is 13.5. The molecule has 10 heteroatoms. The van der Waals surface area contributed by atoms with Crippen LogP contribution in [0.5, 0.6) is 17.2 Å². The summed E-state index contributed by atoms with van der Waals surface area (Å²) >= 11 is 1.47. The summed E-state index contributed by atoms with van der Waals surface area (Å²) in [5, 5.41) is 8.91. The van der Waals surface area contributed by atoms with E-state index in [9.17, 15) is 0 Å². The lowest BCUT2D eigenvalue weighted by Crippen LogP contribution is -2.03. The van der Waals surface area contributed by atoms with Crippen LogP contribution in [0.3, 0.4) is 0 Å². The van der Waals surface area contributed by atoms with Gasteiger partial charge in [0, 0.05) is 28.8 Å². The van der Waals surface area contributed by atoms with E-state index in [1.165, 1.54) is 17.7 Å². The lowest BCUT2D eigenvalue weighted by Gasteiger charge is -2.14. The number of thiazole rings is 1. The van der Waals surface area contributed by atoms with E-state index < -0.39 is 0 Å². The maximum atomic E-state index is 5.38. The minimum Gasteiger partial charge on any atom is -0.493 e. The Bertz CT molecular complexity index is 1140. The summed E-state index contributed by atoms with van der Waals surface area (Å²) in [7, 11) is 4.67. The van der Waals surface area contributed by atoms with E-state index in [0.717, 1.165) is 11.3 Å². The third kappa shape index (κ3) is 4.64. The lowest BCUT2D eigenvalue weighted by atomic mass is 10.2. The van der Waals surface area contributed by atoms with Crippen molar-refractivity contribution in [2.24, 2.45) is 0 Å². The number of hydrogen-bond donors (Lipinski definition) is 2. The summed E-state index contributed by atoms with van der Waals surface area (Å²) in [6.45, 7) is 0. The Morgan fingerprint density at radius 2 is 1.48 bits per heavy atom. The van der Waals surface area contributed by atoms with Crippen molar-refractivity contribution in [2.75, 3.05) is 32.0 Å². The first-order valence-corrected chi connectivity index (χ1v) is 10.1. The van der Waals surface area contributed by atoms with Crippen LogP contribution in [0.2, 0.25) is 0 Å². The molecule has 2 N–H and O–H groups in total. The molecule has 4 aromatic rings. The van der Waals surface area contributed by atoms with Crippen molar-refractivity contribution in [1.29, 1.82) is 0 Å². The van der Waals surface area contributed by atoms with Gasteiger partial charge in [0.1, 0.15) is 6.33 Å². The van der Waals surface area contributed by atoms with Crippen molar-refractivity contribution < 1.29 is 14.2 Å². The number of aromatic nitrogens is 4. The number of nitrogens with one attached hydrogen (secondary N) is 2. The average molecular weight is 436 g/mol. The molecule has 31 heavy (non-hydrogen) atoms. The number of anilines is 4. The number of benzene rings is 2. The van der Waals surface area contributed by atoms with Gasteiger partial charge in [-0.3, -0.25) is 5.32 Å². The maximum Gasteiger partial charge on any atom is 0.233 e. The maximum absolute atomic E-state index is 5.38. The van der Waals surface area contributed by atoms with E-state index >= 15 is 0 Å². The largest absolute Gasteiger partial charge is 0.493 e. The van der Waals surface area contributed by atoms with Crippen LogP contribution >= 0.6 is 11.3 Å². The van der Waals surface area contributed by atoms with E-state index in [1.807, 2.05) is 35.7 Å². The molecule has 0 aliphatic rings. The summed E-state index contributed by atoms with van der Waals surface area (Å²) < 4.78 is 16.1. The Morgan fingerprint density at radius 3 is 2.13 bits per heavy atom. The summed E-state index contributed by atoms with van der Waals surface area (Å²) in [4.78, 5) is 17.4. The molecule has 0 atom stereocenters. The SMILES string of the molecule is COc1cc(Nc2ncnc(Nc3nc(-c4ccccc4)cs3)n2)cc(OC)c1OC. The molecule has 0 unspecified atom stereocenters. The quantitative estimate of drug-likeness (QED) is 0.413. The van der Waals surface area contributed by atoms with Crippen molar-refractivity contribution in [3.05, 3.63) is 54.2 Å². The number of rotatable bonds is 8. The fourth-order valence-electron chi connectivity index (χ4n) is 2.87. The van der Waals surface area contributed by atoms with Gasteiger partial charge < -0.3 is 19.5 Å². The van der Waals surface area contributed by atoms with Crippen molar-refractivity contribution >= 4 is 34.1 Å². The van der Waals surface area contributed by atoms with Crippen LogP contribution in [0.1, 0.15) is 0 Å². The van der Waals surface area contributed by atoms with Crippen LogP contribution in [-0.2, 0) is 0 Å². The second kappa shape index (κ2) is 9.26. The Morgan fingerprint density at radius 1 is 0.806 bits per heavy atom. The van der Waals surface area contributed by atoms with Crippen LogP contribution in [-0.4, -0.2) is 41.3 Å². The van der Waals surface area contributed by atoms with Gasteiger partial charge in [0.25, 0.3) is 0 Å². The van der Waals surface area contributed by atoms with Crippen LogP contribution in [0.15, 0.2) is 54.2 Å². The zero-order valence-corrected chi connectivity index (χ0v) is 17.9. The first-order valence-electron chi connectivity index (χ1n) is 9.24. The van der Waals surface area contributed by atoms with Crippen LogP contribution in [0.25, 0.3) is 11.3 Å². The molecule has 0 saturated heterocycles. The molecule has 0 amide bonds. The summed E-state index contributed by atoms with van der Waals surface area (Å²) in [5.74, 6) is 2.28. The van der Waals surface area contributed by atoms with E-state index in [-0.39, 0.29) is 0 Å². The molecule has 9 nitrogen and oxygen atoms in total. The molecule has 0 aliphatic carbocycles. The van der Waals surface area contributed by atoms with E-state index in [0.29, 0.717) is 40.0 Å². The molecule has 4 rings (SSSR count). The monoisotopic (exact) mass is 436 g/mol. The highest BCUT2D eigenvalue weighted by atomic mass is 32.1. The first-order chi connectivity index (χ1) is 15.2. The molecular weight excluding hydrogens is 416 g/mol. The number of nitrogens with zero attached hydrogens (tertiary/aromatic N) is 4. The highest BCUT2D eigenvalue weighted by molar-refractivity contribution is 7.14. The Balaban J connectivity index is 1.52. The predicted octanol–water partition coefficient (Wildman–Crippen LogP) is 4.51. The Labute approximate surface area is 183 Å². The summed E-state index contributed by atoms with van der Waals surface area (Å²) in [5.41, 5.74) is 2.61. The highest BCUT2D eigenvalue weighted by Crippen LogP contribution is 2.40. The third-order valence-corrected chi connectivity index (χ3v) is 5.04. The van der Waals surface area contributed by atoms with Crippen molar-refractivity contribution in [3.8, 4) is 28.5 Å². The molecule has 0 radical (unpaired) electrons. The normalized spacial score (nSPS) is 10.4. The zero-order valence-electron chi connectivity index (χ0n) is 17.1. The Kier molecular flexibility index (Phi) is 6.08. The fraction of sp³-hybridized carbons (Fsp3) is 0.143. The number of ether oxygens (including phenoxy) is 3. The van der Waals surface area contributed by atoms with E-state index in [1.54, 1.807) is 33.5 Å². The fourth-order valence-corrected chi connectivity index (χ4v) is 3.58. The van der Waals surface area contributed by atoms with Gasteiger partial charge in [-0.2, -0.15) is 4.98 Å². The second-order valence-corrected chi connectivity index (χ2v) is 7.06. The predicted molar refractivity (Wildman–Crippen MR) is 120 cm³/mol. The lowest BCUT2D eigenvalue weighted by molar-refractivity contribution is 0.324. The van der Waals surface area contributed by atoms with E-state index in [4.69, 9.17) is 14.2 Å². The van der Waals surface area contributed by atoms with Crippen LogP contribution < -0.4 is 24.8 Å². The van der Waals surface area contributed by atoms with E-state index in [2.05, 4.69) is 30.6 Å². The molecule has 158 valence electrons. The zero-order chi connectivity index (χ0) is 21.6. The standard InChI is InChI=1S/C21H20N6O3S/c1-28-16-9-14(10-17(29-2)18(16)30-3)24-19-22-12-23-20(26-19)27-21-25-15(11-31-21)13-7-5-4-6-8-13/h4-12H,1-3H3,(H2,22,23,24,25,26,27). The number of hydrogen-bond acceptors (Lipinski definition) is 10. The molecule has 0 aliphatic heterocycles. The van der Waals surface area contributed by atoms with Crippen LogP contribution in [0.4, 0.5) is 22.7 Å². The minimum atomic E-state index is 0.353. The van der Waals surface area contributed by atoms with Gasteiger partial charge >= 0.3 is 0 Å². The molecular formula is C21H20N6O3S. The minimum absolute atomic E-state index is 0.353. The van der Waals surface area contributed by atoms with Crippen molar-refractivity contribution in [3.63, 3.8) is 0 Å². The van der Waals surface area contributed by atoms with Crippen molar-refractivity contribution in [1.82, 2.24) is 19.9 Å². The second-order valence-electron chi connectivity index (χ2n) is 6.20. The van der Waals surface area contributed by atoms with Gasteiger partial charge in [-0.05, 0) is 0 Å². The number of methoxy groups -OCH3 is 3. The van der Waals surface area contributed by atoms with Crippen molar-refractivity contribution in [2.45, 2.75) is 0 Å². The Hall–Kier alpha value is -3.92. The topological polar surface area (TPSA) is 103 Å². The average Bonchev–Trinajstić information content (AvgIpc) is 3.27. The van der Waals surface area contributed by atoms with Gasteiger partial charge in [0.2, 0.25) is 17.6 Å². The molecule has 0 fully saturated rings. The van der Waals surface area contributed by atoms with Gasteiger partial charge in [-0.15, -0.1) is 11.3 Å². The highest BCUT2D eigenvalue weighted by Gasteiger charge is 2.14. The first kappa shape index (κ1) is 20.4. The van der Waals surface area contributed by atoms with Gasteiger partial charge in [-0.1, -0.05) is 30.3 Å².